The maximum atomic E-state index is 12.2. The lowest BCUT2D eigenvalue weighted by atomic mass is 10.1. The number of carbonyl (C=O) groups excluding carboxylic acids is 1. The number of H-pyrrole nitrogens is 1. The molecule has 1 unspecified atom stereocenters. The van der Waals surface area contributed by atoms with Gasteiger partial charge in [0.15, 0.2) is 22.8 Å². The zero-order valence-electron chi connectivity index (χ0n) is 16.4. The molecule has 1 N–H and O–H groups in total. The predicted octanol–water partition coefficient (Wildman–Crippen LogP) is 3.41. The molecule has 154 valence electrons. The van der Waals surface area contributed by atoms with E-state index < -0.39 is 17.6 Å². The minimum Gasteiger partial charge on any atom is -0.490 e. The molecule has 2 rings (SSSR count). The van der Waals surface area contributed by atoms with Gasteiger partial charge in [-0.2, -0.15) is 5.26 Å². The molecule has 0 saturated carbocycles. The van der Waals surface area contributed by atoms with Crippen molar-refractivity contribution in [2.24, 2.45) is 0 Å². The normalized spacial score (nSPS) is 11.4. The molecule has 29 heavy (non-hydrogen) atoms. The topological polar surface area (TPSA) is 114 Å². The highest BCUT2D eigenvalue weighted by atomic mass is 35.5. The highest BCUT2D eigenvalue weighted by Crippen LogP contribution is 2.40. The van der Waals surface area contributed by atoms with Gasteiger partial charge in [0.2, 0.25) is 0 Å². The number of aromatic amines is 1. The minimum absolute atomic E-state index is 0.138. The Labute approximate surface area is 177 Å². The van der Waals surface area contributed by atoms with Crippen molar-refractivity contribution in [1.29, 1.82) is 5.26 Å². The van der Waals surface area contributed by atoms with Crippen LogP contribution in [0.5, 0.6) is 11.5 Å². The zero-order valence-corrected chi connectivity index (χ0v) is 17.9. The van der Waals surface area contributed by atoms with E-state index in [1.165, 1.54) is 24.8 Å². The van der Waals surface area contributed by atoms with Crippen LogP contribution in [-0.2, 0) is 9.53 Å². The summed E-state index contributed by atoms with van der Waals surface area (Å²) in [6.45, 7) is 5.53. The SMILES string of the molecule is CCOC(=O)C(C)Oc1c(Cl)cc(-c2nc(SC)[nH]c(=O)c2C#N)cc1OCC. The van der Waals surface area contributed by atoms with Crippen LogP contribution in [0.3, 0.4) is 0 Å². The maximum absolute atomic E-state index is 12.2. The van der Waals surface area contributed by atoms with Gasteiger partial charge >= 0.3 is 5.97 Å². The largest absolute Gasteiger partial charge is 0.490 e. The van der Waals surface area contributed by atoms with Gasteiger partial charge in [-0.25, -0.2) is 9.78 Å². The summed E-state index contributed by atoms with van der Waals surface area (Å²) in [6.07, 6.45) is 0.841. The Morgan fingerprint density at radius 3 is 2.69 bits per heavy atom. The number of nitriles is 1. The van der Waals surface area contributed by atoms with Crippen molar-refractivity contribution in [3.63, 3.8) is 0 Å². The number of ether oxygens (including phenoxy) is 3. The molecule has 1 atom stereocenters. The second-order valence-corrected chi connectivity index (χ2v) is 6.84. The van der Waals surface area contributed by atoms with Crippen molar-refractivity contribution >= 4 is 29.3 Å². The fraction of sp³-hybridized carbons (Fsp3) is 0.368. The van der Waals surface area contributed by atoms with Gasteiger partial charge in [0.05, 0.1) is 23.9 Å². The molecule has 0 aliphatic carbocycles. The number of aromatic nitrogens is 2. The molecule has 8 nitrogen and oxygen atoms in total. The molecule has 0 fully saturated rings. The van der Waals surface area contributed by atoms with E-state index in [9.17, 15) is 14.9 Å². The Kier molecular flexibility index (Phi) is 7.93. The van der Waals surface area contributed by atoms with E-state index in [-0.39, 0.29) is 34.4 Å². The first-order chi connectivity index (χ1) is 13.9. The fourth-order valence-electron chi connectivity index (χ4n) is 2.43. The lowest BCUT2D eigenvalue weighted by Gasteiger charge is -2.18. The van der Waals surface area contributed by atoms with E-state index in [0.29, 0.717) is 17.3 Å². The van der Waals surface area contributed by atoms with Gasteiger partial charge in [-0.15, -0.1) is 0 Å². The zero-order chi connectivity index (χ0) is 21.6. The highest BCUT2D eigenvalue weighted by Gasteiger charge is 2.23. The van der Waals surface area contributed by atoms with Crippen LogP contribution in [-0.4, -0.2) is 41.5 Å². The van der Waals surface area contributed by atoms with Gasteiger partial charge < -0.3 is 19.2 Å². The third-order valence-electron chi connectivity index (χ3n) is 3.70. The van der Waals surface area contributed by atoms with E-state index >= 15 is 0 Å². The summed E-state index contributed by atoms with van der Waals surface area (Å²) < 4.78 is 16.2. The van der Waals surface area contributed by atoms with Gasteiger partial charge in [-0.3, -0.25) is 4.79 Å². The molecule has 2 aromatic rings. The Bertz CT molecular complexity index is 1000. The maximum Gasteiger partial charge on any atom is 0.347 e. The average molecular weight is 438 g/mol. The number of rotatable bonds is 8. The van der Waals surface area contributed by atoms with Crippen LogP contribution in [0.25, 0.3) is 11.3 Å². The summed E-state index contributed by atoms with van der Waals surface area (Å²) in [5.74, 6) is -0.128. The number of benzene rings is 1. The Morgan fingerprint density at radius 1 is 1.38 bits per heavy atom. The van der Waals surface area contributed by atoms with E-state index in [1.54, 1.807) is 26.2 Å². The third-order valence-corrected chi connectivity index (χ3v) is 4.56. The number of esters is 1. The summed E-state index contributed by atoms with van der Waals surface area (Å²) in [4.78, 5) is 31.0. The number of thioether (sulfide) groups is 1. The van der Waals surface area contributed by atoms with E-state index in [1.807, 2.05) is 6.07 Å². The number of hydrogen-bond donors (Lipinski definition) is 1. The van der Waals surface area contributed by atoms with Crippen molar-refractivity contribution in [3.8, 4) is 28.8 Å². The number of nitrogens with zero attached hydrogens (tertiary/aromatic N) is 2. The predicted molar refractivity (Wildman–Crippen MR) is 110 cm³/mol. The molecular formula is C19H20ClN3O5S. The highest BCUT2D eigenvalue weighted by molar-refractivity contribution is 7.98. The molecule has 0 bridgehead atoms. The molecule has 1 aromatic heterocycles. The van der Waals surface area contributed by atoms with Crippen molar-refractivity contribution in [3.05, 3.63) is 33.1 Å². The minimum atomic E-state index is -0.909. The second-order valence-electron chi connectivity index (χ2n) is 5.64. The number of nitrogens with one attached hydrogen (secondary N) is 1. The average Bonchev–Trinajstić information content (AvgIpc) is 2.69. The number of halogens is 1. The van der Waals surface area contributed by atoms with E-state index in [2.05, 4.69) is 9.97 Å². The van der Waals surface area contributed by atoms with Crippen molar-refractivity contribution < 1.29 is 19.0 Å². The van der Waals surface area contributed by atoms with Crippen LogP contribution in [0, 0.1) is 11.3 Å². The van der Waals surface area contributed by atoms with Crippen LogP contribution in [0.15, 0.2) is 22.1 Å². The number of carbonyl (C=O) groups is 1. The van der Waals surface area contributed by atoms with Crippen LogP contribution < -0.4 is 15.0 Å². The van der Waals surface area contributed by atoms with Gasteiger partial charge in [-0.05, 0) is 39.2 Å². The standard InChI is InChI=1S/C19H20ClN3O5S/c1-5-26-14-8-11(15-12(9-21)17(24)23-19(22-15)29-4)7-13(20)16(14)28-10(3)18(25)27-6-2/h7-8,10H,5-6H2,1-4H3,(H,22,23,24). The molecule has 0 radical (unpaired) electrons. The Balaban J connectivity index is 2.58. The lowest BCUT2D eigenvalue weighted by Crippen LogP contribution is -2.26. The Hall–Kier alpha value is -2.70. The lowest BCUT2D eigenvalue weighted by molar-refractivity contribution is -0.150. The summed E-state index contributed by atoms with van der Waals surface area (Å²) in [6, 6.07) is 4.94. The third kappa shape index (κ3) is 5.22. The van der Waals surface area contributed by atoms with Crippen LogP contribution in [0.4, 0.5) is 0 Å². The second kappa shape index (κ2) is 10.2. The molecule has 10 heteroatoms. The van der Waals surface area contributed by atoms with Crippen molar-refractivity contribution in [1.82, 2.24) is 9.97 Å². The first-order valence-electron chi connectivity index (χ1n) is 8.74. The van der Waals surface area contributed by atoms with Gasteiger partial charge in [-0.1, -0.05) is 23.4 Å². The molecule has 0 amide bonds. The molecule has 0 aliphatic heterocycles. The first-order valence-corrected chi connectivity index (χ1v) is 10.3. The van der Waals surface area contributed by atoms with Gasteiger partial charge in [0, 0.05) is 5.56 Å². The van der Waals surface area contributed by atoms with Crippen molar-refractivity contribution in [2.45, 2.75) is 32.0 Å². The summed E-state index contributed by atoms with van der Waals surface area (Å²) in [5.41, 5.74) is -0.108. The molecular weight excluding hydrogens is 418 g/mol. The molecule has 0 aliphatic rings. The van der Waals surface area contributed by atoms with Crippen LogP contribution >= 0.6 is 23.4 Å². The van der Waals surface area contributed by atoms with Crippen molar-refractivity contribution in [2.75, 3.05) is 19.5 Å². The first kappa shape index (κ1) is 22.6. The Morgan fingerprint density at radius 2 is 2.10 bits per heavy atom. The summed E-state index contributed by atoms with van der Waals surface area (Å²) >= 11 is 7.63. The molecule has 1 aromatic carbocycles. The smallest absolute Gasteiger partial charge is 0.347 e. The van der Waals surface area contributed by atoms with E-state index in [0.717, 1.165) is 0 Å². The monoisotopic (exact) mass is 437 g/mol. The molecule has 0 saturated heterocycles. The van der Waals surface area contributed by atoms with Gasteiger partial charge in [0.25, 0.3) is 5.56 Å². The van der Waals surface area contributed by atoms with Crippen LogP contribution in [0.2, 0.25) is 5.02 Å². The molecule has 0 spiro atoms. The number of hydrogen-bond acceptors (Lipinski definition) is 8. The summed E-state index contributed by atoms with van der Waals surface area (Å²) in [5, 5.41) is 9.89. The van der Waals surface area contributed by atoms with Crippen LogP contribution in [0.1, 0.15) is 26.3 Å². The van der Waals surface area contributed by atoms with Gasteiger partial charge in [0.1, 0.15) is 11.6 Å². The fourth-order valence-corrected chi connectivity index (χ4v) is 3.06. The molecule has 1 heterocycles. The quantitative estimate of drug-likeness (QED) is 0.379. The van der Waals surface area contributed by atoms with E-state index in [4.69, 9.17) is 25.8 Å². The summed E-state index contributed by atoms with van der Waals surface area (Å²) in [7, 11) is 0.